The second-order valence-corrected chi connectivity index (χ2v) is 5.01. The third-order valence-electron chi connectivity index (χ3n) is 2.69. The summed E-state index contributed by atoms with van der Waals surface area (Å²) in [6, 6.07) is 8.00. The minimum atomic E-state index is -1.07. The van der Waals surface area contributed by atoms with Gasteiger partial charge in [-0.15, -0.1) is 0 Å². The van der Waals surface area contributed by atoms with Crippen molar-refractivity contribution in [1.29, 1.82) is 0 Å². The van der Waals surface area contributed by atoms with Crippen LogP contribution in [0.5, 0.6) is 11.6 Å². The molecule has 0 atom stereocenters. The van der Waals surface area contributed by atoms with Crippen LogP contribution in [0, 0.1) is 0 Å². The number of rotatable bonds is 3. The molecular formula is C14H8BrN3O3. The Hall–Kier alpha value is -2.54. The minimum absolute atomic E-state index is 0.0549. The van der Waals surface area contributed by atoms with E-state index in [2.05, 4.69) is 30.9 Å². The molecule has 0 spiro atoms. The first-order valence-electron chi connectivity index (χ1n) is 5.92. The number of pyridine rings is 1. The molecule has 0 saturated heterocycles. The molecule has 3 rings (SSSR count). The zero-order valence-electron chi connectivity index (χ0n) is 10.5. The lowest BCUT2D eigenvalue weighted by atomic mass is 10.2. The van der Waals surface area contributed by atoms with Crippen LogP contribution in [0.25, 0.3) is 11.2 Å². The van der Waals surface area contributed by atoms with Crippen LogP contribution in [0.1, 0.15) is 10.4 Å². The molecule has 6 nitrogen and oxygen atoms in total. The quantitative estimate of drug-likeness (QED) is 0.783. The van der Waals surface area contributed by atoms with Crippen molar-refractivity contribution in [3.8, 4) is 11.6 Å². The van der Waals surface area contributed by atoms with Crippen molar-refractivity contribution in [1.82, 2.24) is 15.0 Å². The van der Waals surface area contributed by atoms with Gasteiger partial charge >= 0.3 is 5.97 Å². The number of benzene rings is 1. The maximum absolute atomic E-state index is 11.2. The molecule has 3 aromatic rings. The van der Waals surface area contributed by atoms with Gasteiger partial charge in [0, 0.05) is 22.9 Å². The zero-order chi connectivity index (χ0) is 14.8. The molecule has 2 heterocycles. The smallest absolute Gasteiger partial charge is 0.339 e. The molecule has 2 aromatic heterocycles. The van der Waals surface area contributed by atoms with Crippen LogP contribution < -0.4 is 4.74 Å². The summed E-state index contributed by atoms with van der Waals surface area (Å²) in [6.07, 6.45) is 3.10. The van der Waals surface area contributed by atoms with Gasteiger partial charge in [0.25, 0.3) is 0 Å². The zero-order valence-corrected chi connectivity index (χ0v) is 12.1. The SMILES string of the molecule is O=C(O)c1ccc(Br)cc1Oc1ccc2nccnc2n1. The molecule has 0 unspecified atom stereocenters. The normalized spacial score (nSPS) is 10.5. The average molecular weight is 346 g/mol. The summed E-state index contributed by atoms with van der Waals surface area (Å²) in [7, 11) is 0. The molecule has 104 valence electrons. The molecule has 1 aromatic carbocycles. The van der Waals surface area contributed by atoms with E-state index in [1.807, 2.05) is 0 Å². The second kappa shape index (κ2) is 5.45. The molecule has 0 amide bonds. The van der Waals surface area contributed by atoms with E-state index in [4.69, 9.17) is 9.84 Å². The first-order chi connectivity index (χ1) is 10.1. The fraction of sp³-hybridized carbons (Fsp3) is 0. The van der Waals surface area contributed by atoms with E-state index < -0.39 is 5.97 Å². The van der Waals surface area contributed by atoms with Crippen molar-refractivity contribution >= 4 is 33.1 Å². The Kier molecular flexibility index (Phi) is 3.49. The molecule has 7 heteroatoms. The predicted octanol–water partition coefficient (Wildman–Crippen LogP) is 3.28. The van der Waals surface area contributed by atoms with Gasteiger partial charge in [0.05, 0.1) is 0 Å². The van der Waals surface area contributed by atoms with Crippen molar-refractivity contribution in [2.24, 2.45) is 0 Å². The number of aromatic carboxylic acids is 1. The maximum atomic E-state index is 11.2. The van der Waals surface area contributed by atoms with E-state index in [1.54, 1.807) is 30.5 Å². The minimum Gasteiger partial charge on any atom is -0.478 e. The van der Waals surface area contributed by atoms with E-state index in [-0.39, 0.29) is 17.2 Å². The van der Waals surface area contributed by atoms with Gasteiger partial charge in [-0.2, -0.15) is 4.98 Å². The monoisotopic (exact) mass is 345 g/mol. The fourth-order valence-corrected chi connectivity index (χ4v) is 2.10. The van der Waals surface area contributed by atoms with Crippen LogP contribution in [-0.4, -0.2) is 26.0 Å². The summed E-state index contributed by atoms with van der Waals surface area (Å²) in [4.78, 5) is 23.6. The summed E-state index contributed by atoms with van der Waals surface area (Å²) < 4.78 is 6.28. The lowest BCUT2D eigenvalue weighted by molar-refractivity contribution is 0.0694. The van der Waals surface area contributed by atoms with Crippen molar-refractivity contribution in [3.63, 3.8) is 0 Å². The van der Waals surface area contributed by atoms with Gasteiger partial charge in [0.2, 0.25) is 5.88 Å². The summed E-state index contributed by atoms with van der Waals surface area (Å²) in [5, 5.41) is 9.17. The van der Waals surface area contributed by atoms with Crippen molar-refractivity contribution in [3.05, 3.63) is 52.8 Å². The summed E-state index contributed by atoms with van der Waals surface area (Å²) in [5.74, 6) is -0.616. The average Bonchev–Trinajstić information content (AvgIpc) is 2.47. The summed E-state index contributed by atoms with van der Waals surface area (Å²) in [5.41, 5.74) is 1.12. The molecule has 1 N–H and O–H groups in total. The standard InChI is InChI=1S/C14H8BrN3O3/c15-8-1-2-9(14(19)20)11(7-8)21-12-4-3-10-13(18-12)17-6-5-16-10/h1-7H,(H,19,20). The molecule has 0 radical (unpaired) electrons. The molecule has 0 bridgehead atoms. The molecule has 0 saturated carbocycles. The Bertz CT molecular complexity index is 839. The third-order valence-corrected chi connectivity index (χ3v) is 3.19. The van der Waals surface area contributed by atoms with Gasteiger partial charge in [-0.25, -0.2) is 9.78 Å². The van der Waals surface area contributed by atoms with Crippen LogP contribution in [-0.2, 0) is 0 Å². The van der Waals surface area contributed by atoms with Crippen LogP contribution in [0.15, 0.2) is 47.2 Å². The van der Waals surface area contributed by atoms with Gasteiger partial charge in [0.15, 0.2) is 5.65 Å². The highest BCUT2D eigenvalue weighted by Crippen LogP contribution is 2.28. The molecule has 21 heavy (non-hydrogen) atoms. The number of ether oxygens (including phenoxy) is 1. The van der Waals surface area contributed by atoms with Crippen LogP contribution >= 0.6 is 15.9 Å². The first-order valence-corrected chi connectivity index (χ1v) is 6.71. The van der Waals surface area contributed by atoms with Crippen LogP contribution in [0.3, 0.4) is 0 Å². The third kappa shape index (κ3) is 2.82. The highest BCUT2D eigenvalue weighted by atomic mass is 79.9. The Balaban J connectivity index is 2.02. The maximum Gasteiger partial charge on any atom is 0.339 e. The van der Waals surface area contributed by atoms with E-state index >= 15 is 0 Å². The number of hydrogen-bond acceptors (Lipinski definition) is 5. The second-order valence-electron chi connectivity index (χ2n) is 4.10. The molecule has 0 fully saturated rings. The van der Waals surface area contributed by atoms with Gasteiger partial charge in [0.1, 0.15) is 16.8 Å². The highest BCUT2D eigenvalue weighted by Gasteiger charge is 2.13. The van der Waals surface area contributed by atoms with E-state index in [1.165, 1.54) is 12.3 Å². The van der Waals surface area contributed by atoms with Crippen molar-refractivity contribution < 1.29 is 14.6 Å². The number of aromatic nitrogens is 3. The van der Waals surface area contributed by atoms with Crippen molar-refractivity contribution in [2.45, 2.75) is 0 Å². The summed E-state index contributed by atoms with van der Waals surface area (Å²) >= 11 is 3.28. The van der Waals surface area contributed by atoms with Crippen molar-refractivity contribution in [2.75, 3.05) is 0 Å². The number of carbonyl (C=O) groups is 1. The van der Waals surface area contributed by atoms with Gasteiger partial charge in [-0.1, -0.05) is 15.9 Å². The Morgan fingerprint density at radius 1 is 1.14 bits per heavy atom. The van der Waals surface area contributed by atoms with Crippen LogP contribution in [0.2, 0.25) is 0 Å². The van der Waals surface area contributed by atoms with Crippen LogP contribution in [0.4, 0.5) is 0 Å². The lowest BCUT2D eigenvalue weighted by Crippen LogP contribution is -2.00. The topological polar surface area (TPSA) is 85.2 Å². The Labute approximate surface area is 127 Å². The molecule has 0 aliphatic heterocycles. The first kappa shape index (κ1) is 13.4. The Morgan fingerprint density at radius 3 is 2.76 bits per heavy atom. The summed E-state index contributed by atoms with van der Waals surface area (Å²) in [6.45, 7) is 0. The lowest BCUT2D eigenvalue weighted by Gasteiger charge is -2.08. The largest absolute Gasteiger partial charge is 0.478 e. The number of nitrogens with zero attached hydrogens (tertiary/aromatic N) is 3. The van der Waals surface area contributed by atoms with Gasteiger partial charge < -0.3 is 9.84 Å². The number of hydrogen-bond donors (Lipinski definition) is 1. The predicted molar refractivity (Wildman–Crippen MR) is 78.5 cm³/mol. The number of carboxylic acids is 1. The molecule has 0 aliphatic carbocycles. The molecular weight excluding hydrogens is 338 g/mol. The highest BCUT2D eigenvalue weighted by molar-refractivity contribution is 9.10. The van der Waals surface area contributed by atoms with E-state index in [9.17, 15) is 4.79 Å². The van der Waals surface area contributed by atoms with E-state index in [0.717, 1.165) is 0 Å². The Morgan fingerprint density at radius 2 is 1.95 bits per heavy atom. The van der Waals surface area contributed by atoms with Gasteiger partial charge in [-0.3, -0.25) is 4.98 Å². The van der Waals surface area contributed by atoms with Gasteiger partial charge in [-0.05, 0) is 24.3 Å². The van der Waals surface area contributed by atoms with E-state index in [0.29, 0.717) is 15.6 Å². The number of fused-ring (bicyclic) bond motifs is 1. The fourth-order valence-electron chi connectivity index (χ4n) is 1.76. The number of carboxylic acid groups (broad SMARTS) is 1. The number of halogens is 1. The molecule has 0 aliphatic rings.